The van der Waals surface area contributed by atoms with Crippen LogP contribution in [0.4, 0.5) is 0 Å². The van der Waals surface area contributed by atoms with Gasteiger partial charge in [-0.05, 0) is 13.0 Å². The number of amides is 1. The number of aryl methyl sites for hydroxylation is 2. The van der Waals surface area contributed by atoms with Gasteiger partial charge in [-0.2, -0.15) is 5.10 Å². The quantitative estimate of drug-likeness (QED) is 0.804. The fourth-order valence-electron chi connectivity index (χ4n) is 2.34. The minimum Gasteiger partial charge on any atom is -0.337 e. The molecule has 0 saturated heterocycles. The van der Waals surface area contributed by atoms with Crippen LogP contribution in [0.1, 0.15) is 21.9 Å². The van der Waals surface area contributed by atoms with Crippen LogP contribution in [0.3, 0.4) is 0 Å². The van der Waals surface area contributed by atoms with Crippen molar-refractivity contribution < 1.29 is 4.79 Å². The van der Waals surface area contributed by atoms with Crippen LogP contribution in [0.25, 0.3) is 11.3 Å². The molecule has 0 unspecified atom stereocenters. The van der Waals surface area contributed by atoms with Crippen LogP contribution in [0.5, 0.6) is 0 Å². The Balaban J connectivity index is 1.75. The lowest BCUT2D eigenvalue weighted by Gasteiger charge is -2.15. The topological polar surface area (TPSA) is 66.8 Å². The van der Waals surface area contributed by atoms with E-state index in [4.69, 9.17) is 0 Å². The van der Waals surface area contributed by atoms with Gasteiger partial charge >= 0.3 is 0 Å². The van der Waals surface area contributed by atoms with Gasteiger partial charge in [0.25, 0.3) is 5.91 Å². The number of rotatable bonds is 4. The van der Waals surface area contributed by atoms with Crippen molar-refractivity contribution in [3.63, 3.8) is 0 Å². The highest BCUT2D eigenvalue weighted by Gasteiger charge is 2.17. The van der Waals surface area contributed by atoms with Crippen molar-refractivity contribution in [2.24, 2.45) is 7.05 Å². The van der Waals surface area contributed by atoms with E-state index < -0.39 is 0 Å². The van der Waals surface area contributed by atoms with E-state index in [1.54, 1.807) is 24.2 Å². The van der Waals surface area contributed by atoms with Gasteiger partial charge in [0.15, 0.2) is 0 Å². The molecule has 3 rings (SSSR count). The number of carbonyl (C=O) groups is 1. The molecule has 0 atom stereocenters. The van der Waals surface area contributed by atoms with Crippen LogP contribution in [-0.2, 0) is 13.6 Å². The molecule has 1 amide bonds. The number of aromatic nitrogens is 4. The Morgan fingerprint density at radius 1 is 1.30 bits per heavy atom. The van der Waals surface area contributed by atoms with Gasteiger partial charge in [-0.15, -0.1) is 0 Å². The van der Waals surface area contributed by atoms with E-state index >= 15 is 0 Å². The van der Waals surface area contributed by atoms with E-state index in [2.05, 4.69) is 15.2 Å². The number of benzene rings is 1. The molecule has 2 aromatic heterocycles. The highest BCUT2D eigenvalue weighted by atomic mass is 16.2. The number of imidazole rings is 1. The summed E-state index contributed by atoms with van der Waals surface area (Å²) in [4.78, 5) is 18.4. The molecule has 0 fully saturated rings. The van der Waals surface area contributed by atoms with Crippen molar-refractivity contribution in [3.8, 4) is 11.3 Å². The van der Waals surface area contributed by atoms with Gasteiger partial charge in [0.1, 0.15) is 11.5 Å². The largest absolute Gasteiger partial charge is 0.337 e. The first-order valence-corrected chi connectivity index (χ1v) is 7.38. The van der Waals surface area contributed by atoms with Crippen LogP contribution in [0, 0.1) is 6.92 Å². The molecule has 3 aromatic rings. The Hall–Kier alpha value is -2.89. The molecule has 6 heteroatoms. The maximum absolute atomic E-state index is 12.5. The van der Waals surface area contributed by atoms with Gasteiger partial charge in [-0.3, -0.25) is 9.89 Å². The first-order chi connectivity index (χ1) is 11.0. The molecule has 1 N–H and O–H groups in total. The van der Waals surface area contributed by atoms with Crippen LogP contribution in [0.15, 0.2) is 42.7 Å². The summed E-state index contributed by atoms with van der Waals surface area (Å²) in [5, 5.41) is 7.07. The second-order valence-electron chi connectivity index (χ2n) is 5.65. The van der Waals surface area contributed by atoms with E-state index in [0.29, 0.717) is 12.2 Å². The molecule has 118 valence electrons. The summed E-state index contributed by atoms with van der Waals surface area (Å²) in [6, 6.07) is 9.83. The zero-order valence-electron chi connectivity index (χ0n) is 13.4. The molecule has 0 aliphatic heterocycles. The summed E-state index contributed by atoms with van der Waals surface area (Å²) in [7, 11) is 3.66. The highest BCUT2D eigenvalue weighted by molar-refractivity contribution is 5.93. The van der Waals surface area contributed by atoms with E-state index in [1.807, 2.05) is 49.0 Å². The predicted molar refractivity (Wildman–Crippen MR) is 87.8 cm³/mol. The van der Waals surface area contributed by atoms with Crippen molar-refractivity contribution in [1.29, 1.82) is 0 Å². The van der Waals surface area contributed by atoms with E-state index in [1.165, 1.54) is 5.56 Å². The molecule has 2 heterocycles. The smallest absolute Gasteiger partial charge is 0.272 e. The third kappa shape index (κ3) is 3.15. The van der Waals surface area contributed by atoms with Gasteiger partial charge in [0.2, 0.25) is 0 Å². The van der Waals surface area contributed by atoms with Gasteiger partial charge in [0, 0.05) is 32.1 Å². The lowest BCUT2D eigenvalue weighted by Crippen LogP contribution is -2.27. The number of carbonyl (C=O) groups excluding carboxylic acids is 1. The van der Waals surface area contributed by atoms with Crippen molar-refractivity contribution >= 4 is 5.91 Å². The van der Waals surface area contributed by atoms with Crippen molar-refractivity contribution in [1.82, 2.24) is 24.6 Å². The van der Waals surface area contributed by atoms with Crippen molar-refractivity contribution in [2.75, 3.05) is 7.05 Å². The van der Waals surface area contributed by atoms with Crippen LogP contribution in [0.2, 0.25) is 0 Å². The Morgan fingerprint density at radius 3 is 2.70 bits per heavy atom. The summed E-state index contributed by atoms with van der Waals surface area (Å²) in [6.45, 7) is 2.48. The highest BCUT2D eigenvalue weighted by Crippen LogP contribution is 2.19. The van der Waals surface area contributed by atoms with E-state index in [-0.39, 0.29) is 5.91 Å². The van der Waals surface area contributed by atoms with E-state index in [9.17, 15) is 4.79 Å². The molecule has 0 aliphatic rings. The van der Waals surface area contributed by atoms with E-state index in [0.717, 1.165) is 17.1 Å². The van der Waals surface area contributed by atoms with Gasteiger partial charge in [-0.1, -0.05) is 29.8 Å². The van der Waals surface area contributed by atoms with Crippen LogP contribution in [-0.4, -0.2) is 37.6 Å². The third-order valence-corrected chi connectivity index (χ3v) is 3.80. The second-order valence-corrected chi connectivity index (χ2v) is 5.65. The number of hydrogen-bond donors (Lipinski definition) is 1. The number of nitrogens with one attached hydrogen (secondary N) is 1. The predicted octanol–water partition coefficient (Wildman–Crippen LogP) is 2.39. The van der Waals surface area contributed by atoms with Crippen LogP contribution >= 0.6 is 0 Å². The van der Waals surface area contributed by atoms with Crippen molar-refractivity contribution in [2.45, 2.75) is 13.5 Å². The first-order valence-electron chi connectivity index (χ1n) is 7.38. The molecule has 6 nitrogen and oxygen atoms in total. The van der Waals surface area contributed by atoms with Crippen molar-refractivity contribution in [3.05, 3.63) is 59.8 Å². The number of hydrogen-bond acceptors (Lipinski definition) is 3. The Kier molecular flexibility index (Phi) is 3.97. The molecule has 1 aromatic carbocycles. The molecule has 0 aliphatic carbocycles. The second kappa shape index (κ2) is 6.08. The monoisotopic (exact) mass is 309 g/mol. The Morgan fingerprint density at radius 2 is 2.04 bits per heavy atom. The maximum Gasteiger partial charge on any atom is 0.272 e. The Bertz CT molecular complexity index is 816. The van der Waals surface area contributed by atoms with Gasteiger partial charge in [0.05, 0.1) is 12.2 Å². The molecule has 0 saturated carbocycles. The molecular formula is C17H19N5O. The fraction of sp³-hybridized carbons (Fsp3) is 0.235. The number of aromatic amines is 1. The standard InChI is InChI=1S/C17H19N5O/c1-12-4-6-13(7-5-12)14-10-15(20-19-14)17(23)22(3)11-16-18-8-9-21(16)2/h4-10H,11H2,1-3H3,(H,19,20). The minimum atomic E-state index is -0.112. The summed E-state index contributed by atoms with van der Waals surface area (Å²) in [5.74, 6) is 0.720. The minimum absolute atomic E-state index is 0.112. The third-order valence-electron chi connectivity index (χ3n) is 3.80. The SMILES string of the molecule is Cc1ccc(-c2cc(C(=O)N(C)Cc3nccn3C)[nH]n2)cc1. The first kappa shape index (κ1) is 15.0. The summed E-state index contributed by atoms with van der Waals surface area (Å²) >= 11 is 0. The molecule has 0 radical (unpaired) electrons. The zero-order chi connectivity index (χ0) is 16.4. The normalized spacial score (nSPS) is 10.7. The lowest BCUT2D eigenvalue weighted by molar-refractivity contribution is 0.0774. The summed E-state index contributed by atoms with van der Waals surface area (Å²) in [5.41, 5.74) is 3.41. The number of nitrogens with zero attached hydrogens (tertiary/aromatic N) is 4. The van der Waals surface area contributed by atoms with Gasteiger partial charge < -0.3 is 9.47 Å². The average Bonchev–Trinajstić information content (AvgIpc) is 3.17. The molecule has 23 heavy (non-hydrogen) atoms. The zero-order valence-corrected chi connectivity index (χ0v) is 13.4. The summed E-state index contributed by atoms with van der Waals surface area (Å²) in [6.07, 6.45) is 3.58. The molecule has 0 spiro atoms. The summed E-state index contributed by atoms with van der Waals surface area (Å²) < 4.78 is 1.90. The molecular weight excluding hydrogens is 290 g/mol. The maximum atomic E-state index is 12.5. The van der Waals surface area contributed by atoms with Gasteiger partial charge in [-0.25, -0.2) is 4.98 Å². The lowest BCUT2D eigenvalue weighted by atomic mass is 10.1. The Labute approximate surface area is 134 Å². The number of H-pyrrole nitrogens is 1. The van der Waals surface area contributed by atoms with Crippen LogP contribution < -0.4 is 0 Å². The average molecular weight is 309 g/mol. The fourth-order valence-corrected chi connectivity index (χ4v) is 2.34. The molecule has 0 bridgehead atoms.